The Hall–Kier alpha value is -3.68. The van der Waals surface area contributed by atoms with Crippen molar-refractivity contribution in [3.8, 4) is 11.8 Å². The second-order valence-corrected chi connectivity index (χ2v) is 8.72. The van der Waals surface area contributed by atoms with Crippen LogP contribution in [0.5, 0.6) is 5.75 Å². The number of carbonyl (C=O) groups excluding carboxylic acids is 2. The molecule has 2 aliphatic rings. The fourth-order valence-electron chi connectivity index (χ4n) is 3.82. The number of benzene rings is 1. The predicted molar refractivity (Wildman–Crippen MR) is 115 cm³/mol. The number of likely N-dealkylation sites (tertiary alicyclic amines) is 1. The third-order valence-corrected chi connectivity index (χ3v) is 6.15. The van der Waals surface area contributed by atoms with Gasteiger partial charge >= 0.3 is 6.09 Å². The summed E-state index contributed by atoms with van der Waals surface area (Å²) in [6, 6.07) is 5.09. The minimum absolute atomic E-state index is 0.0937. The average molecular weight is 473 g/mol. The van der Waals surface area contributed by atoms with E-state index in [-0.39, 0.29) is 43.1 Å². The monoisotopic (exact) mass is 473 g/mol. The van der Waals surface area contributed by atoms with E-state index in [1.165, 1.54) is 35.0 Å². The summed E-state index contributed by atoms with van der Waals surface area (Å²) in [6.45, 7) is 1.80. The molecule has 1 aromatic carbocycles. The van der Waals surface area contributed by atoms with Crippen LogP contribution in [0.25, 0.3) is 0 Å². The molecule has 2 fully saturated rings. The highest BCUT2D eigenvalue weighted by Gasteiger charge is 2.44. The fourth-order valence-corrected chi connectivity index (χ4v) is 3.82. The van der Waals surface area contributed by atoms with E-state index in [0.29, 0.717) is 5.56 Å². The van der Waals surface area contributed by atoms with Crippen molar-refractivity contribution in [2.24, 2.45) is 0 Å². The summed E-state index contributed by atoms with van der Waals surface area (Å²) in [7, 11) is 1.44. The zero-order valence-electron chi connectivity index (χ0n) is 18.9. The maximum absolute atomic E-state index is 15.0. The summed E-state index contributed by atoms with van der Waals surface area (Å²) >= 11 is 0. The van der Waals surface area contributed by atoms with Gasteiger partial charge in [-0.15, -0.1) is 0 Å². The van der Waals surface area contributed by atoms with Gasteiger partial charge in [-0.2, -0.15) is 10.4 Å². The average Bonchev–Trinajstić information content (AvgIpc) is 3.40. The maximum atomic E-state index is 15.0. The van der Waals surface area contributed by atoms with Crippen LogP contribution in [0.3, 0.4) is 0 Å². The summed E-state index contributed by atoms with van der Waals surface area (Å²) < 4.78 is 41.5. The molecule has 0 unspecified atom stereocenters. The third kappa shape index (κ3) is 4.81. The molecule has 2 atom stereocenters. The molecule has 4 rings (SSSR count). The van der Waals surface area contributed by atoms with Crippen molar-refractivity contribution in [2.45, 2.75) is 50.6 Å². The second-order valence-electron chi connectivity index (χ2n) is 8.72. The molecule has 2 aromatic rings. The van der Waals surface area contributed by atoms with Gasteiger partial charge in [0, 0.05) is 24.7 Å². The normalized spacial score (nSPS) is 20.9. The molecule has 1 saturated carbocycles. The number of ether oxygens (including phenoxy) is 2. The quantitative estimate of drug-likeness (QED) is 0.691. The van der Waals surface area contributed by atoms with Crippen LogP contribution in [-0.2, 0) is 11.3 Å². The van der Waals surface area contributed by atoms with E-state index in [2.05, 4.69) is 10.4 Å². The molecule has 0 spiro atoms. The highest BCUT2D eigenvalue weighted by atomic mass is 19.1. The van der Waals surface area contributed by atoms with Crippen molar-refractivity contribution in [2.75, 3.05) is 20.1 Å². The maximum Gasteiger partial charge on any atom is 0.410 e. The Morgan fingerprint density at radius 3 is 2.76 bits per heavy atom. The number of halogens is 2. The van der Waals surface area contributed by atoms with Crippen LogP contribution in [-0.4, -0.2) is 58.6 Å². The van der Waals surface area contributed by atoms with Gasteiger partial charge in [-0.3, -0.25) is 4.79 Å². The Bertz CT molecular complexity index is 1140. The lowest BCUT2D eigenvalue weighted by atomic mass is 10.0. The molecule has 0 bridgehead atoms. The fraction of sp³-hybridized carbons (Fsp3) is 0.478. The number of amides is 2. The van der Waals surface area contributed by atoms with E-state index < -0.39 is 35.6 Å². The molecular weight excluding hydrogens is 448 g/mol. The number of hydrogen-bond acceptors (Lipinski definition) is 6. The summed E-state index contributed by atoms with van der Waals surface area (Å²) in [6.07, 6.45) is 1.29. The number of aromatic nitrogens is 2. The number of carbonyl (C=O) groups is 2. The predicted octanol–water partition coefficient (Wildman–Crippen LogP) is 3.11. The van der Waals surface area contributed by atoms with Crippen molar-refractivity contribution >= 4 is 12.0 Å². The molecule has 9 nitrogen and oxygen atoms in total. The molecule has 2 amide bonds. The van der Waals surface area contributed by atoms with Gasteiger partial charge < -0.3 is 19.7 Å². The minimum Gasteiger partial charge on any atom is -0.486 e. The van der Waals surface area contributed by atoms with Crippen LogP contribution in [0.4, 0.5) is 13.6 Å². The van der Waals surface area contributed by atoms with Crippen LogP contribution in [0, 0.1) is 17.1 Å². The number of alkyl halides is 1. The van der Waals surface area contributed by atoms with E-state index in [0.717, 1.165) is 18.9 Å². The lowest BCUT2D eigenvalue weighted by Crippen LogP contribution is -2.47. The summed E-state index contributed by atoms with van der Waals surface area (Å²) in [5.74, 6) is -1.25. The van der Waals surface area contributed by atoms with Crippen LogP contribution in [0.15, 0.2) is 24.4 Å². The van der Waals surface area contributed by atoms with Gasteiger partial charge in [0.2, 0.25) is 0 Å². The van der Waals surface area contributed by atoms with Crippen molar-refractivity contribution < 1.29 is 27.8 Å². The van der Waals surface area contributed by atoms with Gasteiger partial charge in [-0.25, -0.2) is 18.3 Å². The Morgan fingerprint density at radius 2 is 2.15 bits per heavy atom. The first-order valence-corrected chi connectivity index (χ1v) is 11.0. The van der Waals surface area contributed by atoms with Gasteiger partial charge in [-0.1, -0.05) is 0 Å². The van der Waals surface area contributed by atoms with Gasteiger partial charge in [0.25, 0.3) is 5.91 Å². The number of nitrogens with one attached hydrogen (secondary N) is 1. The number of piperidine rings is 1. The van der Waals surface area contributed by atoms with Gasteiger partial charge in [0.1, 0.15) is 30.1 Å². The van der Waals surface area contributed by atoms with Crippen LogP contribution >= 0.6 is 0 Å². The molecule has 1 aliphatic carbocycles. The molecule has 1 N–H and O–H groups in total. The molecular formula is C23H25F2N5O4. The second kappa shape index (κ2) is 9.29. The first kappa shape index (κ1) is 23.5. The molecule has 34 heavy (non-hydrogen) atoms. The Morgan fingerprint density at radius 1 is 1.38 bits per heavy atom. The van der Waals surface area contributed by atoms with Crippen LogP contribution in [0.1, 0.15) is 53.8 Å². The summed E-state index contributed by atoms with van der Waals surface area (Å²) in [4.78, 5) is 25.2. The number of hydrogen-bond donors (Lipinski definition) is 1. The zero-order chi connectivity index (χ0) is 24.5. The Kier molecular flexibility index (Phi) is 6.41. The van der Waals surface area contributed by atoms with Gasteiger partial charge in [-0.05, 0) is 44.4 Å². The van der Waals surface area contributed by atoms with Crippen LogP contribution in [0.2, 0.25) is 0 Å². The third-order valence-electron chi connectivity index (χ3n) is 6.15. The number of rotatable bonds is 6. The lowest BCUT2D eigenvalue weighted by Gasteiger charge is -2.34. The van der Waals surface area contributed by atoms with Gasteiger partial charge in [0.05, 0.1) is 18.8 Å². The molecule has 180 valence electrons. The Balaban J connectivity index is 1.41. The minimum atomic E-state index is -1.44. The molecule has 1 saturated heterocycles. The summed E-state index contributed by atoms with van der Waals surface area (Å²) in [5.41, 5.74) is 0.185. The van der Waals surface area contributed by atoms with Crippen molar-refractivity contribution in [1.82, 2.24) is 20.0 Å². The highest BCUT2D eigenvalue weighted by molar-refractivity contribution is 5.94. The van der Waals surface area contributed by atoms with Crippen molar-refractivity contribution in [3.63, 3.8) is 0 Å². The van der Waals surface area contributed by atoms with E-state index in [4.69, 9.17) is 9.47 Å². The first-order valence-electron chi connectivity index (χ1n) is 11.0. The Labute approximate surface area is 195 Å². The van der Waals surface area contributed by atoms with Crippen molar-refractivity contribution in [1.29, 1.82) is 5.26 Å². The van der Waals surface area contributed by atoms with E-state index in [1.807, 2.05) is 13.0 Å². The zero-order valence-corrected chi connectivity index (χ0v) is 18.9. The molecule has 0 radical (unpaired) electrons. The standard InChI is InChI=1S/C23H25F2N5O4/c1-23(6-7-23)34-22(32)29-8-5-18(17(25)12-29)30-19(10-26)15(11-28-30)13-33-20-4-3-14(9-16(20)24)21(31)27-2/h3-4,9,11,17-18H,5-8,12-13H2,1-2H3,(H,27,31)/t17-,18-/m0/s1. The highest BCUT2D eigenvalue weighted by Crippen LogP contribution is 2.39. The molecule has 11 heteroatoms. The lowest BCUT2D eigenvalue weighted by molar-refractivity contribution is 0.0292. The number of nitrogens with zero attached hydrogens (tertiary/aromatic N) is 4. The topological polar surface area (TPSA) is 109 Å². The van der Waals surface area contributed by atoms with E-state index in [1.54, 1.807) is 0 Å². The molecule has 1 aliphatic heterocycles. The van der Waals surface area contributed by atoms with E-state index >= 15 is 4.39 Å². The SMILES string of the molecule is CNC(=O)c1ccc(OCc2cnn([C@H]3CCN(C(=O)OC4(C)CC4)C[C@@H]3F)c2C#N)c(F)c1. The van der Waals surface area contributed by atoms with Crippen molar-refractivity contribution in [3.05, 3.63) is 47.0 Å². The largest absolute Gasteiger partial charge is 0.486 e. The smallest absolute Gasteiger partial charge is 0.410 e. The molecule has 1 aromatic heterocycles. The molecule has 2 heterocycles. The first-order chi connectivity index (χ1) is 16.2. The number of nitriles is 1. The summed E-state index contributed by atoms with van der Waals surface area (Å²) in [5, 5.41) is 16.2. The van der Waals surface area contributed by atoms with E-state index in [9.17, 15) is 19.2 Å². The van der Waals surface area contributed by atoms with Gasteiger partial charge in [0.15, 0.2) is 11.6 Å². The van der Waals surface area contributed by atoms with Crippen LogP contribution < -0.4 is 10.1 Å².